The Morgan fingerprint density at radius 1 is 1.65 bits per heavy atom. The number of hydrogen-bond donors (Lipinski definition) is 2. The molecule has 1 saturated heterocycles. The minimum Gasteiger partial charge on any atom is -0.355 e. The first-order chi connectivity index (χ1) is 8.06. The molecule has 0 aliphatic carbocycles. The molecule has 1 unspecified atom stereocenters. The second kappa shape index (κ2) is 4.71. The van der Waals surface area contributed by atoms with Gasteiger partial charge in [0.1, 0.15) is 5.15 Å². The van der Waals surface area contributed by atoms with E-state index in [0.717, 1.165) is 5.56 Å². The van der Waals surface area contributed by atoms with E-state index in [0.29, 0.717) is 17.4 Å². The molecule has 5 nitrogen and oxygen atoms in total. The Morgan fingerprint density at radius 3 is 3.00 bits per heavy atom. The lowest BCUT2D eigenvalue weighted by Crippen LogP contribution is -2.24. The summed E-state index contributed by atoms with van der Waals surface area (Å²) in [6.07, 6.45) is 1.74. The molecule has 17 heavy (non-hydrogen) atoms. The van der Waals surface area contributed by atoms with Crippen LogP contribution in [0.1, 0.15) is 12.0 Å². The van der Waals surface area contributed by atoms with Crippen molar-refractivity contribution in [2.24, 2.45) is 5.92 Å². The maximum Gasteiger partial charge on any atom is 0.229 e. The van der Waals surface area contributed by atoms with E-state index in [1.807, 2.05) is 6.92 Å². The summed E-state index contributed by atoms with van der Waals surface area (Å²) in [4.78, 5) is 26.7. The number of anilines is 1. The Balaban J connectivity index is 2.03. The normalized spacial score (nSPS) is 18.9. The maximum atomic E-state index is 11.8. The molecule has 1 aliphatic rings. The van der Waals surface area contributed by atoms with Crippen molar-refractivity contribution >= 4 is 29.1 Å². The van der Waals surface area contributed by atoms with Crippen LogP contribution in [0.15, 0.2) is 12.3 Å². The molecule has 0 spiro atoms. The Kier molecular flexibility index (Phi) is 3.28. The second-order valence-corrected chi connectivity index (χ2v) is 4.38. The standard InChI is InChI=1S/C11H12ClN3O2/c1-6-2-8(5-14-10(6)12)15-11(17)7-3-9(16)13-4-7/h2,5,7H,3-4H2,1H3,(H,13,16)(H,15,17). The summed E-state index contributed by atoms with van der Waals surface area (Å²) in [6.45, 7) is 2.20. The first kappa shape index (κ1) is 11.9. The SMILES string of the molecule is Cc1cc(NC(=O)C2CNC(=O)C2)cnc1Cl. The molecular weight excluding hydrogens is 242 g/mol. The van der Waals surface area contributed by atoms with Crippen LogP contribution in [0.4, 0.5) is 5.69 Å². The number of carbonyl (C=O) groups is 2. The van der Waals surface area contributed by atoms with Crippen LogP contribution in [0.2, 0.25) is 5.15 Å². The summed E-state index contributed by atoms with van der Waals surface area (Å²) in [5.74, 6) is -0.569. The van der Waals surface area contributed by atoms with E-state index in [2.05, 4.69) is 15.6 Å². The van der Waals surface area contributed by atoms with Crippen molar-refractivity contribution in [3.8, 4) is 0 Å². The third-order valence-electron chi connectivity index (χ3n) is 2.63. The number of amides is 2. The summed E-state index contributed by atoms with van der Waals surface area (Å²) in [6, 6.07) is 1.75. The number of nitrogens with zero attached hydrogens (tertiary/aromatic N) is 1. The molecule has 90 valence electrons. The van der Waals surface area contributed by atoms with Crippen LogP contribution >= 0.6 is 11.6 Å². The lowest BCUT2D eigenvalue weighted by Gasteiger charge is -2.09. The van der Waals surface area contributed by atoms with Crippen molar-refractivity contribution in [1.29, 1.82) is 0 Å². The smallest absolute Gasteiger partial charge is 0.229 e. The molecular formula is C11H12ClN3O2. The van der Waals surface area contributed by atoms with Gasteiger partial charge in [-0.15, -0.1) is 0 Å². The Labute approximate surface area is 104 Å². The Morgan fingerprint density at radius 2 is 2.41 bits per heavy atom. The fourth-order valence-electron chi connectivity index (χ4n) is 1.66. The zero-order chi connectivity index (χ0) is 12.4. The summed E-state index contributed by atoms with van der Waals surface area (Å²) < 4.78 is 0. The lowest BCUT2D eigenvalue weighted by atomic mass is 10.1. The third kappa shape index (κ3) is 2.74. The molecule has 1 atom stereocenters. The molecule has 0 radical (unpaired) electrons. The van der Waals surface area contributed by atoms with E-state index in [4.69, 9.17) is 11.6 Å². The molecule has 1 aromatic heterocycles. The Hall–Kier alpha value is -1.62. The zero-order valence-corrected chi connectivity index (χ0v) is 10.0. The molecule has 1 aliphatic heterocycles. The van der Waals surface area contributed by atoms with E-state index in [9.17, 15) is 9.59 Å². The summed E-state index contributed by atoms with van der Waals surface area (Å²) >= 11 is 5.78. The highest BCUT2D eigenvalue weighted by atomic mass is 35.5. The van der Waals surface area contributed by atoms with Crippen LogP contribution in [0.5, 0.6) is 0 Å². The van der Waals surface area contributed by atoms with Crippen molar-refractivity contribution in [3.63, 3.8) is 0 Å². The average Bonchev–Trinajstić information content (AvgIpc) is 2.70. The number of hydrogen-bond acceptors (Lipinski definition) is 3. The molecule has 0 bridgehead atoms. The number of aryl methyl sites for hydroxylation is 1. The van der Waals surface area contributed by atoms with E-state index >= 15 is 0 Å². The van der Waals surface area contributed by atoms with Gasteiger partial charge in [0.05, 0.1) is 17.8 Å². The molecule has 0 aromatic carbocycles. The topological polar surface area (TPSA) is 71.1 Å². The van der Waals surface area contributed by atoms with Crippen LogP contribution in [-0.4, -0.2) is 23.3 Å². The minimum atomic E-state index is -0.307. The molecule has 2 N–H and O–H groups in total. The average molecular weight is 254 g/mol. The number of halogens is 1. The molecule has 1 fully saturated rings. The van der Waals surface area contributed by atoms with E-state index in [1.165, 1.54) is 6.20 Å². The largest absolute Gasteiger partial charge is 0.355 e. The van der Waals surface area contributed by atoms with Crippen LogP contribution in [0.3, 0.4) is 0 Å². The predicted octanol–water partition coefficient (Wildman–Crippen LogP) is 1.12. The van der Waals surface area contributed by atoms with E-state index in [-0.39, 0.29) is 24.2 Å². The van der Waals surface area contributed by atoms with Gasteiger partial charge in [-0.3, -0.25) is 9.59 Å². The van der Waals surface area contributed by atoms with Gasteiger partial charge in [0.2, 0.25) is 11.8 Å². The van der Waals surface area contributed by atoms with Crippen molar-refractivity contribution in [3.05, 3.63) is 23.0 Å². The van der Waals surface area contributed by atoms with Gasteiger partial charge in [-0.05, 0) is 18.6 Å². The van der Waals surface area contributed by atoms with Crippen LogP contribution in [0, 0.1) is 12.8 Å². The highest BCUT2D eigenvalue weighted by molar-refractivity contribution is 6.30. The number of rotatable bonds is 2. The molecule has 0 saturated carbocycles. The van der Waals surface area contributed by atoms with Gasteiger partial charge in [-0.1, -0.05) is 11.6 Å². The summed E-state index contributed by atoms with van der Waals surface area (Å²) in [5.41, 5.74) is 1.39. The van der Waals surface area contributed by atoms with Gasteiger partial charge in [0.25, 0.3) is 0 Å². The highest BCUT2D eigenvalue weighted by Crippen LogP contribution is 2.18. The van der Waals surface area contributed by atoms with Crippen LogP contribution < -0.4 is 10.6 Å². The van der Waals surface area contributed by atoms with Gasteiger partial charge in [-0.25, -0.2) is 4.98 Å². The third-order valence-corrected chi connectivity index (χ3v) is 3.03. The number of carbonyl (C=O) groups excluding carboxylic acids is 2. The molecule has 1 aromatic rings. The summed E-state index contributed by atoms with van der Waals surface area (Å²) in [5, 5.41) is 5.76. The number of nitrogens with one attached hydrogen (secondary N) is 2. The van der Waals surface area contributed by atoms with Gasteiger partial charge < -0.3 is 10.6 Å². The fraction of sp³-hybridized carbons (Fsp3) is 0.364. The number of aromatic nitrogens is 1. The van der Waals surface area contributed by atoms with Crippen LogP contribution in [-0.2, 0) is 9.59 Å². The van der Waals surface area contributed by atoms with Crippen molar-refractivity contribution in [2.45, 2.75) is 13.3 Å². The summed E-state index contributed by atoms with van der Waals surface area (Å²) in [7, 11) is 0. The van der Waals surface area contributed by atoms with E-state index in [1.54, 1.807) is 6.07 Å². The minimum absolute atomic E-state index is 0.0874. The molecule has 2 amide bonds. The van der Waals surface area contributed by atoms with Crippen molar-refractivity contribution < 1.29 is 9.59 Å². The molecule has 2 rings (SSSR count). The zero-order valence-electron chi connectivity index (χ0n) is 9.29. The quantitative estimate of drug-likeness (QED) is 0.776. The first-order valence-electron chi connectivity index (χ1n) is 5.26. The van der Waals surface area contributed by atoms with E-state index < -0.39 is 0 Å². The van der Waals surface area contributed by atoms with Crippen molar-refractivity contribution in [2.75, 3.05) is 11.9 Å². The molecule has 6 heteroatoms. The second-order valence-electron chi connectivity index (χ2n) is 4.03. The van der Waals surface area contributed by atoms with Gasteiger partial charge in [0.15, 0.2) is 0 Å². The monoisotopic (exact) mass is 253 g/mol. The number of pyridine rings is 1. The van der Waals surface area contributed by atoms with Crippen LogP contribution in [0.25, 0.3) is 0 Å². The first-order valence-corrected chi connectivity index (χ1v) is 5.64. The van der Waals surface area contributed by atoms with Gasteiger partial charge in [0, 0.05) is 13.0 Å². The Bertz CT molecular complexity index is 476. The predicted molar refractivity (Wildman–Crippen MR) is 63.7 cm³/mol. The van der Waals surface area contributed by atoms with Gasteiger partial charge in [-0.2, -0.15) is 0 Å². The maximum absolute atomic E-state index is 11.8. The fourth-order valence-corrected chi connectivity index (χ4v) is 1.76. The highest BCUT2D eigenvalue weighted by Gasteiger charge is 2.27. The van der Waals surface area contributed by atoms with Gasteiger partial charge >= 0.3 is 0 Å². The molecule has 2 heterocycles. The van der Waals surface area contributed by atoms with Crippen molar-refractivity contribution in [1.82, 2.24) is 10.3 Å². The lowest BCUT2D eigenvalue weighted by molar-refractivity contribution is -0.123.